The Morgan fingerprint density at radius 3 is 2.43 bits per heavy atom. The lowest BCUT2D eigenvalue weighted by Gasteiger charge is -2.38. The molecule has 6 heteroatoms. The summed E-state index contributed by atoms with van der Waals surface area (Å²) in [6, 6.07) is 6.89. The third-order valence-electron chi connectivity index (χ3n) is 3.69. The van der Waals surface area contributed by atoms with E-state index in [0.717, 1.165) is 5.56 Å². The zero-order valence-electron chi connectivity index (χ0n) is 13.2. The SMILES string of the molecule is COC(=O)Cc1cccc(B(O)OC(C)(C)C(C)(C)O)c1. The van der Waals surface area contributed by atoms with Crippen molar-refractivity contribution in [2.75, 3.05) is 7.11 Å². The van der Waals surface area contributed by atoms with Crippen molar-refractivity contribution < 1.29 is 24.3 Å². The maximum absolute atomic E-state index is 11.3. The predicted molar refractivity (Wildman–Crippen MR) is 81.2 cm³/mol. The van der Waals surface area contributed by atoms with Crippen molar-refractivity contribution in [1.82, 2.24) is 0 Å². The molecule has 21 heavy (non-hydrogen) atoms. The summed E-state index contributed by atoms with van der Waals surface area (Å²) in [6.45, 7) is 6.64. The number of benzene rings is 1. The number of hydrogen-bond donors (Lipinski definition) is 2. The van der Waals surface area contributed by atoms with Crippen LogP contribution in [0.5, 0.6) is 0 Å². The molecule has 0 saturated carbocycles. The first-order chi connectivity index (χ1) is 9.56. The van der Waals surface area contributed by atoms with E-state index in [4.69, 9.17) is 4.65 Å². The van der Waals surface area contributed by atoms with Crippen LogP contribution in [0.2, 0.25) is 0 Å². The van der Waals surface area contributed by atoms with Crippen molar-refractivity contribution in [3.8, 4) is 0 Å². The first kappa shape index (κ1) is 17.7. The second-order valence-electron chi connectivity index (χ2n) is 6.04. The molecule has 0 saturated heterocycles. The number of hydrogen-bond acceptors (Lipinski definition) is 5. The van der Waals surface area contributed by atoms with Crippen molar-refractivity contribution in [3.05, 3.63) is 29.8 Å². The van der Waals surface area contributed by atoms with Crippen LogP contribution < -0.4 is 5.46 Å². The summed E-state index contributed by atoms with van der Waals surface area (Å²) in [6.07, 6.45) is 0.131. The molecule has 0 radical (unpaired) electrons. The number of ether oxygens (including phenoxy) is 1. The second-order valence-corrected chi connectivity index (χ2v) is 6.04. The summed E-state index contributed by atoms with van der Waals surface area (Å²) in [4.78, 5) is 11.3. The zero-order chi connectivity index (χ0) is 16.3. The van der Waals surface area contributed by atoms with Gasteiger partial charge in [-0.3, -0.25) is 4.79 Å². The lowest BCUT2D eigenvalue weighted by Crippen LogP contribution is -2.53. The minimum atomic E-state index is -1.19. The van der Waals surface area contributed by atoms with E-state index < -0.39 is 18.3 Å². The van der Waals surface area contributed by atoms with Crippen LogP contribution in [0.15, 0.2) is 24.3 Å². The van der Waals surface area contributed by atoms with Crippen LogP contribution in [0.1, 0.15) is 33.3 Å². The smallest absolute Gasteiger partial charge is 0.469 e. The highest BCUT2D eigenvalue weighted by Crippen LogP contribution is 2.25. The summed E-state index contributed by atoms with van der Waals surface area (Å²) >= 11 is 0. The molecule has 0 aliphatic rings. The normalized spacial score (nSPS) is 12.1. The Morgan fingerprint density at radius 2 is 1.90 bits per heavy atom. The van der Waals surface area contributed by atoms with E-state index in [1.807, 2.05) is 0 Å². The highest BCUT2D eigenvalue weighted by molar-refractivity contribution is 6.60. The molecular formula is C15H23BO5. The van der Waals surface area contributed by atoms with E-state index >= 15 is 0 Å². The van der Waals surface area contributed by atoms with E-state index in [2.05, 4.69) is 4.74 Å². The molecule has 1 rings (SSSR count). The highest BCUT2D eigenvalue weighted by atomic mass is 16.5. The monoisotopic (exact) mass is 294 g/mol. The van der Waals surface area contributed by atoms with Crippen molar-refractivity contribution in [3.63, 3.8) is 0 Å². The van der Waals surface area contributed by atoms with Crippen molar-refractivity contribution >= 4 is 18.6 Å². The Morgan fingerprint density at radius 1 is 1.29 bits per heavy atom. The van der Waals surface area contributed by atoms with E-state index in [1.165, 1.54) is 7.11 Å². The molecule has 0 unspecified atom stereocenters. The van der Waals surface area contributed by atoms with Crippen LogP contribution in [0.3, 0.4) is 0 Å². The van der Waals surface area contributed by atoms with Gasteiger partial charge in [-0.2, -0.15) is 0 Å². The molecule has 0 bridgehead atoms. The number of esters is 1. The maximum atomic E-state index is 11.3. The quantitative estimate of drug-likeness (QED) is 0.595. The van der Waals surface area contributed by atoms with E-state index in [-0.39, 0.29) is 12.4 Å². The lowest BCUT2D eigenvalue weighted by atomic mass is 9.76. The second kappa shape index (κ2) is 6.60. The van der Waals surface area contributed by atoms with Crippen molar-refractivity contribution in [1.29, 1.82) is 0 Å². The van der Waals surface area contributed by atoms with Gasteiger partial charge in [0.25, 0.3) is 0 Å². The molecule has 5 nitrogen and oxygen atoms in total. The molecule has 0 spiro atoms. The van der Waals surface area contributed by atoms with Crippen LogP contribution >= 0.6 is 0 Å². The van der Waals surface area contributed by atoms with Gasteiger partial charge < -0.3 is 19.5 Å². The van der Waals surface area contributed by atoms with E-state index in [0.29, 0.717) is 5.46 Å². The highest BCUT2D eigenvalue weighted by Gasteiger charge is 2.39. The summed E-state index contributed by atoms with van der Waals surface area (Å²) in [5.41, 5.74) is -0.806. The first-order valence-corrected chi connectivity index (χ1v) is 6.81. The van der Waals surface area contributed by atoms with Gasteiger partial charge in [-0.25, -0.2) is 0 Å². The fraction of sp³-hybridized carbons (Fsp3) is 0.533. The topological polar surface area (TPSA) is 76.0 Å². The molecule has 2 N–H and O–H groups in total. The third-order valence-corrected chi connectivity index (χ3v) is 3.69. The molecule has 0 fully saturated rings. The van der Waals surface area contributed by atoms with Gasteiger partial charge in [0.05, 0.1) is 24.7 Å². The van der Waals surface area contributed by atoms with E-state index in [1.54, 1.807) is 52.0 Å². The Balaban J connectivity index is 2.86. The van der Waals surface area contributed by atoms with Crippen molar-refractivity contribution in [2.45, 2.75) is 45.3 Å². The van der Waals surface area contributed by atoms with Crippen LogP contribution in [-0.2, 0) is 20.6 Å². The minimum Gasteiger partial charge on any atom is -0.469 e. The van der Waals surface area contributed by atoms with Crippen LogP contribution in [0.25, 0.3) is 0 Å². The molecule has 0 aliphatic heterocycles. The average molecular weight is 294 g/mol. The molecule has 116 valence electrons. The van der Waals surface area contributed by atoms with Gasteiger partial charge in [-0.05, 0) is 38.7 Å². The Labute approximate surface area is 126 Å². The number of carbonyl (C=O) groups is 1. The fourth-order valence-electron chi connectivity index (χ4n) is 1.59. The van der Waals surface area contributed by atoms with Gasteiger partial charge in [0.1, 0.15) is 0 Å². The molecule has 0 atom stereocenters. The molecule has 0 amide bonds. The minimum absolute atomic E-state index is 0.131. The summed E-state index contributed by atoms with van der Waals surface area (Å²) in [5.74, 6) is -0.348. The Kier molecular flexibility index (Phi) is 5.56. The lowest BCUT2D eigenvalue weighted by molar-refractivity contribution is -0.139. The molecule has 1 aromatic carbocycles. The zero-order valence-corrected chi connectivity index (χ0v) is 13.2. The molecular weight excluding hydrogens is 271 g/mol. The van der Waals surface area contributed by atoms with E-state index in [9.17, 15) is 14.9 Å². The molecule has 1 aromatic rings. The molecule has 0 aliphatic carbocycles. The molecule has 0 aromatic heterocycles. The third kappa shape index (κ3) is 4.84. The first-order valence-electron chi connectivity index (χ1n) is 6.81. The maximum Gasteiger partial charge on any atom is 0.491 e. The van der Waals surface area contributed by atoms with Gasteiger partial charge in [0, 0.05) is 0 Å². The van der Waals surface area contributed by atoms with Gasteiger partial charge in [0.2, 0.25) is 0 Å². The Bertz CT molecular complexity index is 493. The Hall–Kier alpha value is -1.37. The van der Waals surface area contributed by atoms with Gasteiger partial charge >= 0.3 is 13.1 Å². The number of aliphatic hydroxyl groups is 1. The van der Waals surface area contributed by atoms with Crippen LogP contribution in [0, 0.1) is 0 Å². The summed E-state index contributed by atoms with van der Waals surface area (Å²) in [5, 5.41) is 20.2. The number of carbonyl (C=O) groups excluding carboxylic acids is 1. The number of methoxy groups -OCH3 is 1. The van der Waals surface area contributed by atoms with Gasteiger partial charge in [-0.15, -0.1) is 0 Å². The average Bonchev–Trinajstić information content (AvgIpc) is 2.37. The van der Waals surface area contributed by atoms with Crippen molar-refractivity contribution in [2.24, 2.45) is 0 Å². The van der Waals surface area contributed by atoms with Gasteiger partial charge in [0.15, 0.2) is 0 Å². The van der Waals surface area contributed by atoms with Crippen LogP contribution in [-0.4, -0.2) is 41.5 Å². The number of rotatable bonds is 6. The van der Waals surface area contributed by atoms with Crippen LogP contribution in [0.4, 0.5) is 0 Å². The summed E-state index contributed by atoms with van der Waals surface area (Å²) in [7, 11) is 0.139. The predicted octanol–water partition coefficient (Wildman–Crippen LogP) is 0.656. The van der Waals surface area contributed by atoms with Gasteiger partial charge in [-0.1, -0.05) is 24.3 Å². The largest absolute Gasteiger partial charge is 0.491 e. The molecule has 0 heterocycles. The standard InChI is InChI=1S/C15H23BO5/c1-14(2,18)15(3,4)21-16(19)12-8-6-7-11(9-12)10-13(17)20-5/h6-9,18-19H,10H2,1-5H3. The summed E-state index contributed by atoms with van der Waals surface area (Å²) < 4.78 is 10.2. The fourth-order valence-corrected chi connectivity index (χ4v) is 1.59.